The number of carbonyl (C=O) groups excluding carboxylic acids is 2. The SMILES string of the molecule is CCC(NC(=O)CCC1CCNC1)c1ccccc1OCC(=O)N1CCCC1. The molecule has 154 valence electrons. The maximum Gasteiger partial charge on any atom is 0.260 e. The van der Waals surface area contributed by atoms with E-state index in [0.717, 1.165) is 63.8 Å². The molecule has 1 aromatic carbocycles. The van der Waals surface area contributed by atoms with Crippen molar-refractivity contribution in [1.29, 1.82) is 0 Å². The smallest absolute Gasteiger partial charge is 0.260 e. The average Bonchev–Trinajstić information content (AvgIpc) is 3.43. The Morgan fingerprint density at radius 1 is 1.29 bits per heavy atom. The second kappa shape index (κ2) is 10.5. The van der Waals surface area contributed by atoms with E-state index in [2.05, 4.69) is 17.6 Å². The van der Waals surface area contributed by atoms with Gasteiger partial charge >= 0.3 is 0 Å². The van der Waals surface area contributed by atoms with E-state index < -0.39 is 0 Å². The molecule has 0 spiro atoms. The van der Waals surface area contributed by atoms with Gasteiger partial charge in [0.15, 0.2) is 6.61 Å². The molecule has 0 radical (unpaired) electrons. The summed E-state index contributed by atoms with van der Waals surface area (Å²) >= 11 is 0. The molecule has 0 bridgehead atoms. The van der Waals surface area contributed by atoms with E-state index in [1.54, 1.807) is 0 Å². The lowest BCUT2D eigenvalue weighted by molar-refractivity contribution is -0.132. The summed E-state index contributed by atoms with van der Waals surface area (Å²) in [5, 5.41) is 6.50. The highest BCUT2D eigenvalue weighted by atomic mass is 16.5. The lowest BCUT2D eigenvalue weighted by Gasteiger charge is -2.22. The molecule has 2 amide bonds. The topological polar surface area (TPSA) is 70.7 Å². The molecule has 6 heteroatoms. The normalized spacial score (nSPS) is 20.2. The first-order valence-electron chi connectivity index (χ1n) is 10.7. The van der Waals surface area contributed by atoms with Crippen molar-refractivity contribution in [3.05, 3.63) is 29.8 Å². The molecule has 2 saturated heterocycles. The minimum atomic E-state index is -0.104. The number of benzene rings is 1. The monoisotopic (exact) mass is 387 g/mol. The second-order valence-corrected chi connectivity index (χ2v) is 7.84. The number of hydrogen-bond acceptors (Lipinski definition) is 4. The maximum atomic E-state index is 12.5. The number of likely N-dealkylation sites (tertiary alicyclic amines) is 1. The Bertz CT molecular complexity index is 652. The van der Waals surface area contributed by atoms with E-state index in [1.807, 2.05) is 29.2 Å². The predicted molar refractivity (Wildman–Crippen MR) is 109 cm³/mol. The Hall–Kier alpha value is -2.08. The summed E-state index contributed by atoms with van der Waals surface area (Å²) in [6.45, 7) is 5.84. The average molecular weight is 388 g/mol. The summed E-state index contributed by atoms with van der Waals surface area (Å²) < 4.78 is 5.87. The van der Waals surface area contributed by atoms with Gasteiger partial charge in [-0.15, -0.1) is 0 Å². The van der Waals surface area contributed by atoms with Gasteiger partial charge in [-0.05, 0) is 57.2 Å². The van der Waals surface area contributed by atoms with Crippen molar-refractivity contribution < 1.29 is 14.3 Å². The molecule has 2 fully saturated rings. The standard InChI is InChI=1S/C22H33N3O3/c1-2-19(24-21(26)10-9-17-11-12-23-15-17)18-7-3-4-8-20(18)28-16-22(27)25-13-5-6-14-25/h3-4,7-8,17,19,23H,2,5-6,9-16H2,1H3,(H,24,26). The van der Waals surface area contributed by atoms with Gasteiger partial charge in [0.1, 0.15) is 5.75 Å². The number of nitrogens with zero attached hydrogens (tertiary/aromatic N) is 1. The quantitative estimate of drug-likeness (QED) is 0.683. The minimum Gasteiger partial charge on any atom is -0.483 e. The van der Waals surface area contributed by atoms with Gasteiger partial charge in [0.25, 0.3) is 5.91 Å². The maximum absolute atomic E-state index is 12.5. The van der Waals surface area contributed by atoms with Crippen LogP contribution in [0.25, 0.3) is 0 Å². The van der Waals surface area contributed by atoms with Gasteiger partial charge in [0.2, 0.25) is 5.91 Å². The van der Waals surface area contributed by atoms with Gasteiger partial charge in [0, 0.05) is 25.1 Å². The van der Waals surface area contributed by atoms with E-state index in [1.165, 1.54) is 0 Å². The number of rotatable bonds is 9. The third-order valence-corrected chi connectivity index (χ3v) is 5.79. The summed E-state index contributed by atoms with van der Waals surface area (Å²) in [4.78, 5) is 26.6. The van der Waals surface area contributed by atoms with Gasteiger partial charge in [-0.2, -0.15) is 0 Å². The van der Waals surface area contributed by atoms with Gasteiger partial charge in [0.05, 0.1) is 6.04 Å². The fraction of sp³-hybridized carbons (Fsp3) is 0.636. The molecule has 2 unspecified atom stereocenters. The van der Waals surface area contributed by atoms with Crippen LogP contribution >= 0.6 is 0 Å². The zero-order chi connectivity index (χ0) is 19.8. The van der Waals surface area contributed by atoms with Crippen molar-refractivity contribution in [3.63, 3.8) is 0 Å². The van der Waals surface area contributed by atoms with Gasteiger partial charge in [-0.1, -0.05) is 25.1 Å². The van der Waals surface area contributed by atoms with Crippen LogP contribution in [0.1, 0.15) is 57.1 Å². The highest BCUT2D eigenvalue weighted by Gasteiger charge is 2.21. The first-order valence-corrected chi connectivity index (χ1v) is 10.7. The molecule has 28 heavy (non-hydrogen) atoms. The molecule has 2 atom stereocenters. The van der Waals surface area contributed by atoms with Gasteiger partial charge in [-0.3, -0.25) is 9.59 Å². The Balaban J connectivity index is 1.55. The van der Waals surface area contributed by atoms with E-state index in [-0.39, 0.29) is 24.5 Å². The van der Waals surface area contributed by atoms with Crippen LogP contribution in [-0.2, 0) is 9.59 Å². The summed E-state index contributed by atoms with van der Waals surface area (Å²) in [5.74, 6) is 1.41. The number of nitrogens with one attached hydrogen (secondary N) is 2. The number of para-hydroxylation sites is 1. The van der Waals surface area contributed by atoms with Crippen LogP contribution in [0.15, 0.2) is 24.3 Å². The van der Waals surface area contributed by atoms with Crippen LogP contribution in [0.4, 0.5) is 0 Å². The van der Waals surface area contributed by atoms with E-state index in [0.29, 0.717) is 18.1 Å². The summed E-state index contributed by atoms with van der Waals surface area (Å²) in [6.07, 6.45) is 5.56. The van der Waals surface area contributed by atoms with E-state index >= 15 is 0 Å². The first kappa shape index (κ1) is 20.6. The summed E-state index contributed by atoms with van der Waals surface area (Å²) in [6, 6.07) is 7.60. The number of carbonyl (C=O) groups is 2. The lowest BCUT2D eigenvalue weighted by atomic mass is 10.0. The zero-order valence-corrected chi connectivity index (χ0v) is 16.9. The van der Waals surface area contributed by atoms with Crippen LogP contribution in [0.5, 0.6) is 5.75 Å². The summed E-state index contributed by atoms with van der Waals surface area (Å²) in [5.41, 5.74) is 0.940. The molecule has 0 aromatic heterocycles. The van der Waals surface area contributed by atoms with Crippen molar-refractivity contribution in [2.24, 2.45) is 5.92 Å². The molecular weight excluding hydrogens is 354 g/mol. The van der Waals surface area contributed by atoms with Crippen molar-refractivity contribution in [1.82, 2.24) is 15.5 Å². The third kappa shape index (κ3) is 5.71. The van der Waals surface area contributed by atoms with E-state index in [9.17, 15) is 9.59 Å². The fourth-order valence-electron chi connectivity index (χ4n) is 4.06. The molecule has 2 N–H and O–H groups in total. The van der Waals surface area contributed by atoms with E-state index in [4.69, 9.17) is 4.74 Å². The van der Waals surface area contributed by atoms with Gasteiger partial charge in [-0.25, -0.2) is 0 Å². The second-order valence-electron chi connectivity index (χ2n) is 7.84. The molecule has 3 rings (SSSR count). The van der Waals surface area contributed by atoms with Crippen molar-refractivity contribution >= 4 is 11.8 Å². The molecule has 6 nitrogen and oxygen atoms in total. The number of amides is 2. The Kier molecular flexibility index (Phi) is 7.71. The zero-order valence-electron chi connectivity index (χ0n) is 16.9. The van der Waals surface area contributed by atoms with Crippen molar-refractivity contribution in [2.75, 3.05) is 32.8 Å². The van der Waals surface area contributed by atoms with Crippen LogP contribution in [0.2, 0.25) is 0 Å². The number of hydrogen-bond donors (Lipinski definition) is 2. The highest BCUT2D eigenvalue weighted by molar-refractivity contribution is 5.78. The number of ether oxygens (including phenoxy) is 1. The van der Waals surface area contributed by atoms with Crippen LogP contribution in [0.3, 0.4) is 0 Å². The Morgan fingerprint density at radius 2 is 2.07 bits per heavy atom. The highest BCUT2D eigenvalue weighted by Crippen LogP contribution is 2.27. The molecular formula is C22H33N3O3. The molecule has 2 heterocycles. The first-order chi connectivity index (χ1) is 13.7. The molecule has 2 aliphatic heterocycles. The van der Waals surface area contributed by atoms with Crippen molar-refractivity contribution in [2.45, 2.75) is 51.5 Å². The van der Waals surface area contributed by atoms with Gasteiger partial charge < -0.3 is 20.3 Å². The largest absolute Gasteiger partial charge is 0.483 e. The summed E-state index contributed by atoms with van der Waals surface area (Å²) in [7, 11) is 0. The lowest BCUT2D eigenvalue weighted by Crippen LogP contribution is -2.32. The molecule has 1 aromatic rings. The Labute approximate surface area is 168 Å². The Morgan fingerprint density at radius 3 is 2.79 bits per heavy atom. The minimum absolute atomic E-state index is 0.0366. The molecule has 2 aliphatic rings. The van der Waals surface area contributed by atoms with Crippen LogP contribution in [0, 0.1) is 5.92 Å². The third-order valence-electron chi connectivity index (χ3n) is 5.79. The van der Waals surface area contributed by atoms with Crippen LogP contribution in [-0.4, -0.2) is 49.5 Å². The fourth-order valence-corrected chi connectivity index (χ4v) is 4.06. The predicted octanol–water partition coefficient (Wildman–Crippen LogP) is 2.64. The molecule has 0 saturated carbocycles. The van der Waals surface area contributed by atoms with Crippen LogP contribution < -0.4 is 15.4 Å². The van der Waals surface area contributed by atoms with Crippen molar-refractivity contribution in [3.8, 4) is 5.75 Å². The molecule has 0 aliphatic carbocycles.